The molecule has 0 aromatic heterocycles. The van der Waals surface area contributed by atoms with Crippen molar-refractivity contribution in [1.29, 1.82) is 0 Å². The summed E-state index contributed by atoms with van der Waals surface area (Å²) >= 11 is 5.06. The van der Waals surface area contributed by atoms with E-state index < -0.39 is 0 Å². The summed E-state index contributed by atoms with van der Waals surface area (Å²) in [6.45, 7) is 4.30. The molecule has 1 fully saturated rings. The molecule has 0 spiro atoms. The Morgan fingerprint density at radius 2 is 2.13 bits per heavy atom. The molecule has 0 unspecified atom stereocenters. The molecule has 0 aliphatic heterocycles. The maximum Gasteiger partial charge on any atom is 0.106 e. The van der Waals surface area contributed by atoms with E-state index in [0.717, 1.165) is 11.3 Å². The van der Waals surface area contributed by atoms with Gasteiger partial charge in [-0.2, -0.15) is 0 Å². The highest BCUT2D eigenvalue weighted by Gasteiger charge is 2.37. The first-order valence-corrected chi connectivity index (χ1v) is 5.60. The van der Waals surface area contributed by atoms with Crippen molar-refractivity contribution in [3.63, 3.8) is 0 Å². The molecule has 2 rings (SSSR count). The highest BCUT2D eigenvalue weighted by molar-refractivity contribution is 7.80. The monoisotopic (exact) mass is 220 g/mol. The minimum absolute atomic E-state index is 0.256. The minimum Gasteiger partial charge on any atom is -0.389 e. The highest BCUT2D eigenvalue weighted by Crippen LogP contribution is 2.39. The third-order valence-corrected chi connectivity index (χ3v) is 3.18. The van der Waals surface area contributed by atoms with Crippen molar-refractivity contribution < 1.29 is 0 Å². The van der Waals surface area contributed by atoms with Crippen LogP contribution in [0.25, 0.3) is 0 Å². The summed E-state index contributed by atoms with van der Waals surface area (Å²) in [4.78, 5) is 0.463. The van der Waals surface area contributed by atoms with E-state index in [1.807, 2.05) is 12.1 Å². The SMILES string of the molecule is Cc1cccc(C(N)=S)c1NC1(C)CC1. The van der Waals surface area contributed by atoms with Crippen LogP contribution in [0.5, 0.6) is 0 Å². The summed E-state index contributed by atoms with van der Waals surface area (Å²) in [7, 11) is 0. The molecule has 1 aliphatic rings. The molecule has 80 valence electrons. The largest absolute Gasteiger partial charge is 0.389 e. The van der Waals surface area contributed by atoms with Crippen LogP contribution in [0.2, 0.25) is 0 Å². The maximum absolute atomic E-state index is 5.71. The predicted octanol–water partition coefficient (Wildman–Crippen LogP) is 2.59. The number of hydrogen-bond donors (Lipinski definition) is 2. The fraction of sp³-hybridized carbons (Fsp3) is 0.417. The van der Waals surface area contributed by atoms with Crippen LogP contribution in [0.1, 0.15) is 30.9 Å². The first kappa shape index (κ1) is 10.4. The van der Waals surface area contributed by atoms with Gasteiger partial charge in [-0.3, -0.25) is 0 Å². The molecular weight excluding hydrogens is 204 g/mol. The molecule has 0 atom stereocenters. The van der Waals surface area contributed by atoms with Crippen molar-refractivity contribution in [3.05, 3.63) is 29.3 Å². The molecule has 0 heterocycles. The smallest absolute Gasteiger partial charge is 0.106 e. The number of nitrogens with two attached hydrogens (primary N) is 1. The third-order valence-electron chi connectivity index (χ3n) is 2.97. The van der Waals surface area contributed by atoms with Gasteiger partial charge in [0.25, 0.3) is 0 Å². The number of benzene rings is 1. The van der Waals surface area contributed by atoms with Gasteiger partial charge in [0, 0.05) is 16.8 Å². The van der Waals surface area contributed by atoms with E-state index in [-0.39, 0.29) is 5.54 Å². The van der Waals surface area contributed by atoms with Gasteiger partial charge in [0.2, 0.25) is 0 Å². The number of anilines is 1. The summed E-state index contributed by atoms with van der Waals surface area (Å²) in [5, 5.41) is 3.54. The summed E-state index contributed by atoms with van der Waals surface area (Å²) < 4.78 is 0. The second kappa shape index (κ2) is 3.49. The van der Waals surface area contributed by atoms with E-state index in [1.165, 1.54) is 18.4 Å². The van der Waals surface area contributed by atoms with Gasteiger partial charge in [-0.15, -0.1) is 0 Å². The van der Waals surface area contributed by atoms with Gasteiger partial charge in [0.15, 0.2) is 0 Å². The van der Waals surface area contributed by atoms with Gasteiger partial charge in [-0.25, -0.2) is 0 Å². The Labute approximate surface area is 95.9 Å². The fourth-order valence-electron chi connectivity index (χ4n) is 1.65. The molecule has 1 aromatic rings. The molecule has 1 aromatic carbocycles. The topological polar surface area (TPSA) is 38.0 Å². The third kappa shape index (κ3) is 2.12. The first-order chi connectivity index (χ1) is 7.02. The molecule has 0 saturated heterocycles. The molecule has 0 bridgehead atoms. The zero-order valence-electron chi connectivity index (χ0n) is 9.13. The zero-order chi connectivity index (χ0) is 11.1. The van der Waals surface area contributed by atoms with Crippen LogP contribution in [-0.4, -0.2) is 10.5 Å². The van der Waals surface area contributed by atoms with Crippen molar-refractivity contribution >= 4 is 22.9 Å². The maximum atomic E-state index is 5.71. The van der Waals surface area contributed by atoms with Crippen molar-refractivity contribution in [1.82, 2.24) is 0 Å². The number of para-hydroxylation sites is 1. The van der Waals surface area contributed by atoms with E-state index in [2.05, 4.69) is 25.2 Å². The number of aryl methyl sites for hydroxylation is 1. The van der Waals surface area contributed by atoms with E-state index in [9.17, 15) is 0 Å². The standard InChI is InChI=1S/C12H16N2S/c1-8-4-3-5-9(11(13)15)10(8)14-12(2)6-7-12/h3-5,14H,6-7H2,1-2H3,(H2,13,15). The van der Waals surface area contributed by atoms with Gasteiger partial charge < -0.3 is 11.1 Å². The predicted molar refractivity (Wildman–Crippen MR) is 68.3 cm³/mol. The number of nitrogens with one attached hydrogen (secondary N) is 1. The lowest BCUT2D eigenvalue weighted by molar-refractivity contribution is 0.827. The Morgan fingerprint density at radius 3 is 2.67 bits per heavy atom. The molecule has 1 aliphatic carbocycles. The highest BCUT2D eigenvalue weighted by atomic mass is 32.1. The minimum atomic E-state index is 0.256. The number of hydrogen-bond acceptors (Lipinski definition) is 2. The van der Waals surface area contributed by atoms with Crippen LogP contribution >= 0.6 is 12.2 Å². The van der Waals surface area contributed by atoms with Crippen LogP contribution in [0, 0.1) is 6.92 Å². The zero-order valence-corrected chi connectivity index (χ0v) is 9.95. The first-order valence-electron chi connectivity index (χ1n) is 5.19. The lowest BCUT2D eigenvalue weighted by Crippen LogP contribution is -2.21. The van der Waals surface area contributed by atoms with Gasteiger partial charge in [0.05, 0.1) is 0 Å². The molecule has 3 heteroatoms. The van der Waals surface area contributed by atoms with Crippen molar-refractivity contribution in [2.45, 2.75) is 32.2 Å². The van der Waals surface area contributed by atoms with E-state index in [1.54, 1.807) is 0 Å². The lowest BCUT2D eigenvalue weighted by atomic mass is 10.1. The second-order valence-corrected chi connectivity index (χ2v) is 4.99. The van der Waals surface area contributed by atoms with Crippen LogP contribution in [-0.2, 0) is 0 Å². The summed E-state index contributed by atoms with van der Waals surface area (Å²) in [5.74, 6) is 0. The van der Waals surface area contributed by atoms with Gasteiger partial charge >= 0.3 is 0 Å². The molecule has 2 nitrogen and oxygen atoms in total. The molecule has 1 saturated carbocycles. The van der Waals surface area contributed by atoms with Crippen molar-refractivity contribution in [2.75, 3.05) is 5.32 Å². The van der Waals surface area contributed by atoms with Gasteiger partial charge in [0.1, 0.15) is 4.99 Å². The Bertz CT molecular complexity index is 408. The van der Waals surface area contributed by atoms with Crippen molar-refractivity contribution in [2.24, 2.45) is 5.73 Å². The molecule has 0 amide bonds. The van der Waals surface area contributed by atoms with Crippen LogP contribution in [0.3, 0.4) is 0 Å². The molecule has 3 N–H and O–H groups in total. The molecule has 0 radical (unpaired) electrons. The summed E-state index contributed by atoms with van der Waals surface area (Å²) in [6.07, 6.45) is 2.44. The van der Waals surface area contributed by atoms with Gasteiger partial charge in [-0.05, 0) is 38.3 Å². The average molecular weight is 220 g/mol. The van der Waals surface area contributed by atoms with E-state index in [4.69, 9.17) is 18.0 Å². The molecule has 15 heavy (non-hydrogen) atoms. The lowest BCUT2D eigenvalue weighted by Gasteiger charge is -2.18. The van der Waals surface area contributed by atoms with Crippen LogP contribution in [0.4, 0.5) is 5.69 Å². The summed E-state index contributed by atoms with van der Waals surface area (Å²) in [6, 6.07) is 6.05. The summed E-state index contributed by atoms with van der Waals surface area (Å²) in [5.41, 5.74) is 9.23. The fourth-order valence-corrected chi connectivity index (χ4v) is 1.82. The normalized spacial score (nSPS) is 17.2. The Hall–Kier alpha value is -1.09. The second-order valence-electron chi connectivity index (χ2n) is 4.55. The Kier molecular flexibility index (Phi) is 2.43. The Balaban J connectivity index is 2.38. The van der Waals surface area contributed by atoms with Crippen LogP contribution < -0.4 is 11.1 Å². The molecular formula is C12H16N2S. The van der Waals surface area contributed by atoms with Gasteiger partial charge in [-0.1, -0.05) is 24.4 Å². The number of thiocarbonyl (C=S) groups is 1. The quantitative estimate of drug-likeness (QED) is 0.769. The average Bonchev–Trinajstić information content (AvgIpc) is 2.87. The van der Waals surface area contributed by atoms with Crippen LogP contribution in [0.15, 0.2) is 18.2 Å². The van der Waals surface area contributed by atoms with E-state index >= 15 is 0 Å². The number of rotatable bonds is 3. The van der Waals surface area contributed by atoms with E-state index in [0.29, 0.717) is 4.99 Å². The van der Waals surface area contributed by atoms with Crippen molar-refractivity contribution in [3.8, 4) is 0 Å². The Morgan fingerprint density at radius 1 is 1.47 bits per heavy atom.